The average Bonchev–Trinajstić information content (AvgIpc) is 2.64. The summed E-state index contributed by atoms with van der Waals surface area (Å²) >= 11 is 0. The molecule has 2 heterocycles. The van der Waals surface area contributed by atoms with Crippen molar-refractivity contribution in [3.05, 3.63) is 29.8 Å². The van der Waals surface area contributed by atoms with Gasteiger partial charge in [0.05, 0.1) is 0 Å². The van der Waals surface area contributed by atoms with Crippen LogP contribution in [0.2, 0.25) is 0 Å². The van der Waals surface area contributed by atoms with Crippen LogP contribution in [0.1, 0.15) is 12.0 Å². The van der Waals surface area contributed by atoms with Crippen LogP contribution >= 0.6 is 0 Å². The van der Waals surface area contributed by atoms with E-state index in [1.165, 1.54) is 0 Å². The van der Waals surface area contributed by atoms with Crippen molar-refractivity contribution in [3.63, 3.8) is 0 Å². The fraction of sp³-hybridized carbons (Fsp3) is 0.500. The summed E-state index contributed by atoms with van der Waals surface area (Å²) in [7, 11) is -3.53. The van der Waals surface area contributed by atoms with Crippen LogP contribution < -0.4 is 5.73 Å². The van der Waals surface area contributed by atoms with Gasteiger partial charge in [-0.1, -0.05) is 12.1 Å². The lowest BCUT2D eigenvalue weighted by Gasteiger charge is -2.23. The Morgan fingerprint density at radius 2 is 1.95 bits per heavy atom. The number of nitrogens with zero attached hydrogens (tertiary/aromatic N) is 3. The fourth-order valence-electron chi connectivity index (χ4n) is 2.91. The van der Waals surface area contributed by atoms with E-state index in [1.54, 1.807) is 12.1 Å². The van der Waals surface area contributed by atoms with Crippen molar-refractivity contribution >= 4 is 15.9 Å². The molecule has 6 nitrogen and oxygen atoms in total. The highest BCUT2D eigenvalue weighted by Gasteiger charge is 2.32. The van der Waals surface area contributed by atoms with Gasteiger partial charge in [0.25, 0.3) is 10.0 Å². The van der Waals surface area contributed by atoms with Gasteiger partial charge in [0.1, 0.15) is 4.90 Å². The summed E-state index contributed by atoms with van der Waals surface area (Å²) < 4.78 is 28.2. The maximum atomic E-state index is 12.1. The number of amidine groups is 1. The molecule has 0 saturated carbocycles. The van der Waals surface area contributed by atoms with Crippen LogP contribution in [0.4, 0.5) is 0 Å². The molecule has 0 aliphatic carbocycles. The predicted octanol–water partition coefficient (Wildman–Crippen LogP) is 0.102. The molecule has 1 fully saturated rings. The standard InChI is InChI=1S/C14H20N4O2S/c15-6-9-17-7-3-8-18(11-10-17)14-12-4-1-2-5-13(12)21(19,20)16-14/h1-2,4-5H,3,6-11,15H2. The van der Waals surface area contributed by atoms with E-state index < -0.39 is 10.0 Å². The lowest BCUT2D eigenvalue weighted by molar-refractivity contribution is 0.293. The van der Waals surface area contributed by atoms with Crippen molar-refractivity contribution in [2.75, 3.05) is 39.3 Å². The maximum absolute atomic E-state index is 12.1. The Bertz CT molecular complexity index is 657. The molecule has 114 valence electrons. The molecule has 2 N–H and O–H groups in total. The molecule has 0 radical (unpaired) electrons. The van der Waals surface area contributed by atoms with E-state index in [1.807, 2.05) is 12.1 Å². The first-order chi connectivity index (χ1) is 10.1. The molecule has 2 aliphatic heterocycles. The lowest BCUT2D eigenvalue weighted by Crippen LogP contribution is -2.36. The Balaban J connectivity index is 1.85. The van der Waals surface area contributed by atoms with Crippen molar-refractivity contribution in [2.45, 2.75) is 11.3 Å². The second-order valence-corrected chi connectivity index (χ2v) is 6.93. The topological polar surface area (TPSA) is 79.0 Å². The van der Waals surface area contributed by atoms with Gasteiger partial charge >= 0.3 is 0 Å². The Morgan fingerprint density at radius 1 is 1.14 bits per heavy atom. The first-order valence-electron chi connectivity index (χ1n) is 7.23. The third-order valence-electron chi connectivity index (χ3n) is 3.95. The van der Waals surface area contributed by atoms with E-state index in [9.17, 15) is 8.42 Å². The highest BCUT2D eigenvalue weighted by molar-refractivity contribution is 7.90. The normalized spacial score (nSPS) is 21.8. The minimum absolute atomic E-state index is 0.322. The van der Waals surface area contributed by atoms with Crippen molar-refractivity contribution in [3.8, 4) is 0 Å². The summed E-state index contributed by atoms with van der Waals surface area (Å²) in [6.45, 7) is 5.02. The van der Waals surface area contributed by atoms with Gasteiger partial charge in [0.15, 0.2) is 5.84 Å². The van der Waals surface area contributed by atoms with Crippen LogP contribution in [-0.2, 0) is 10.0 Å². The van der Waals surface area contributed by atoms with Gasteiger partial charge in [-0.25, -0.2) is 0 Å². The van der Waals surface area contributed by atoms with Crippen LogP contribution in [0.25, 0.3) is 0 Å². The van der Waals surface area contributed by atoms with Gasteiger partial charge in [-0.3, -0.25) is 0 Å². The SMILES string of the molecule is NCCN1CCCN(C2=NS(=O)(=O)c3ccccc32)CC1. The van der Waals surface area contributed by atoms with Crippen LogP contribution in [-0.4, -0.2) is 63.3 Å². The Hall–Kier alpha value is -1.44. The largest absolute Gasteiger partial charge is 0.354 e. The fourth-order valence-corrected chi connectivity index (χ4v) is 4.13. The second kappa shape index (κ2) is 5.75. The molecule has 1 saturated heterocycles. The van der Waals surface area contributed by atoms with Gasteiger partial charge in [0, 0.05) is 38.3 Å². The van der Waals surface area contributed by atoms with Gasteiger partial charge in [-0.05, 0) is 25.1 Å². The van der Waals surface area contributed by atoms with Crippen molar-refractivity contribution in [1.82, 2.24) is 9.80 Å². The second-order valence-electron chi connectivity index (χ2n) is 5.36. The molecule has 0 unspecified atom stereocenters. The minimum atomic E-state index is -3.53. The molecule has 0 aromatic heterocycles. The molecule has 0 atom stereocenters. The number of benzene rings is 1. The van der Waals surface area contributed by atoms with Crippen LogP contribution in [0.5, 0.6) is 0 Å². The third kappa shape index (κ3) is 2.81. The number of hydrogen-bond acceptors (Lipinski definition) is 5. The molecule has 0 bridgehead atoms. The van der Waals surface area contributed by atoms with Gasteiger partial charge in [-0.15, -0.1) is 4.40 Å². The van der Waals surface area contributed by atoms with E-state index in [4.69, 9.17) is 5.73 Å². The van der Waals surface area contributed by atoms with Crippen LogP contribution in [0.3, 0.4) is 0 Å². The Morgan fingerprint density at radius 3 is 2.76 bits per heavy atom. The average molecular weight is 308 g/mol. The van der Waals surface area contributed by atoms with E-state index in [-0.39, 0.29) is 0 Å². The quantitative estimate of drug-likeness (QED) is 0.838. The number of fused-ring (bicyclic) bond motifs is 1. The summed E-state index contributed by atoms with van der Waals surface area (Å²) in [6, 6.07) is 7.05. The molecule has 0 spiro atoms. The van der Waals surface area contributed by atoms with E-state index >= 15 is 0 Å². The van der Waals surface area contributed by atoms with Crippen molar-refractivity contribution in [1.29, 1.82) is 0 Å². The van der Waals surface area contributed by atoms with E-state index in [2.05, 4.69) is 14.2 Å². The Kier molecular flexibility index (Phi) is 3.97. The third-order valence-corrected chi connectivity index (χ3v) is 5.27. The van der Waals surface area contributed by atoms with Crippen LogP contribution in [0.15, 0.2) is 33.6 Å². The first-order valence-corrected chi connectivity index (χ1v) is 8.67. The molecule has 1 aromatic rings. The van der Waals surface area contributed by atoms with Gasteiger partial charge in [-0.2, -0.15) is 8.42 Å². The highest BCUT2D eigenvalue weighted by atomic mass is 32.2. The summed E-state index contributed by atoms with van der Waals surface area (Å²) in [5.41, 5.74) is 6.33. The Labute approximate surface area is 125 Å². The van der Waals surface area contributed by atoms with E-state index in [0.717, 1.165) is 44.7 Å². The number of sulfonamides is 1. The summed E-state index contributed by atoms with van der Waals surface area (Å²) in [5, 5.41) is 0. The zero-order valence-corrected chi connectivity index (χ0v) is 12.7. The molecular weight excluding hydrogens is 288 g/mol. The molecule has 21 heavy (non-hydrogen) atoms. The molecule has 3 rings (SSSR count). The smallest absolute Gasteiger partial charge is 0.285 e. The summed E-state index contributed by atoms with van der Waals surface area (Å²) in [4.78, 5) is 4.72. The molecule has 0 amide bonds. The maximum Gasteiger partial charge on any atom is 0.285 e. The molecule has 1 aromatic carbocycles. The highest BCUT2D eigenvalue weighted by Crippen LogP contribution is 2.27. The monoisotopic (exact) mass is 308 g/mol. The van der Waals surface area contributed by atoms with Crippen LogP contribution in [0, 0.1) is 0 Å². The van der Waals surface area contributed by atoms with Crippen molar-refractivity contribution in [2.24, 2.45) is 10.1 Å². The van der Waals surface area contributed by atoms with Gasteiger partial charge in [0.2, 0.25) is 0 Å². The minimum Gasteiger partial charge on any atom is -0.354 e. The number of hydrogen-bond donors (Lipinski definition) is 1. The molecule has 2 aliphatic rings. The van der Waals surface area contributed by atoms with Crippen molar-refractivity contribution < 1.29 is 8.42 Å². The van der Waals surface area contributed by atoms with Gasteiger partial charge < -0.3 is 15.5 Å². The summed E-state index contributed by atoms with van der Waals surface area (Å²) in [5.74, 6) is 0.597. The summed E-state index contributed by atoms with van der Waals surface area (Å²) in [6.07, 6.45) is 0.987. The zero-order chi connectivity index (χ0) is 14.9. The molecular formula is C14H20N4O2S. The number of rotatable bonds is 2. The first kappa shape index (κ1) is 14.5. The number of nitrogens with two attached hydrogens (primary N) is 1. The lowest BCUT2D eigenvalue weighted by atomic mass is 10.2. The predicted molar refractivity (Wildman–Crippen MR) is 81.8 cm³/mol. The van der Waals surface area contributed by atoms with E-state index in [0.29, 0.717) is 17.3 Å². The zero-order valence-electron chi connectivity index (χ0n) is 11.9. The molecule has 7 heteroatoms.